The number of aliphatic hydroxyl groups excluding tert-OH is 1. The Morgan fingerprint density at radius 3 is 2.70 bits per heavy atom. The van der Waals surface area contributed by atoms with Crippen LogP contribution in [0.15, 0.2) is 6.07 Å². The molecule has 0 spiro atoms. The van der Waals surface area contributed by atoms with E-state index in [1.807, 2.05) is 0 Å². The van der Waals surface area contributed by atoms with Crippen LogP contribution >= 0.6 is 0 Å². The van der Waals surface area contributed by atoms with Gasteiger partial charge < -0.3 is 19.7 Å². The van der Waals surface area contributed by atoms with E-state index in [4.69, 9.17) is 9.47 Å². The highest BCUT2D eigenvalue weighted by Gasteiger charge is 2.40. The second kappa shape index (κ2) is 6.79. The molecule has 23 heavy (non-hydrogen) atoms. The van der Waals surface area contributed by atoms with Crippen molar-refractivity contribution in [1.82, 2.24) is 0 Å². The van der Waals surface area contributed by atoms with Gasteiger partial charge in [-0.25, -0.2) is 4.79 Å². The fraction of sp³-hybridized carbons (Fsp3) is 0.611. The molecule has 1 aliphatic rings. The highest BCUT2D eigenvalue weighted by Crippen LogP contribution is 2.43. The van der Waals surface area contributed by atoms with Gasteiger partial charge in [-0.05, 0) is 38.3 Å². The van der Waals surface area contributed by atoms with Gasteiger partial charge in [0.05, 0.1) is 13.2 Å². The standard InChI is InChI=1S/C18H26O5/c1-5-6-7-8-11-9-13(22-4)12-10-14(19)18(2,3)23-16(12)15(11)17(20)21/h9,14,19H,5-8,10H2,1-4H3,(H,20,21)/t14-/m0/s1. The summed E-state index contributed by atoms with van der Waals surface area (Å²) in [5, 5.41) is 19.9. The lowest BCUT2D eigenvalue weighted by atomic mass is 9.87. The number of rotatable bonds is 6. The Bertz CT molecular complexity index is 592. The minimum absolute atomic E-state index is 0.205. The molecule has 0 saturated heterocycles. The number of hydrogen-bond acceptors (Lipinski definition) is 4. The van der Waals surface area contributed by atoms with Crippen LogP contribution < -0.4 is 9.47 Å². The van der Waals surface area contributed by atoms with Crippen molar-refractivity contribution in [2.45, 2.75) is 64.6 Å². The lowest BCUT2D eigenvalue weighted by Crippen LogP contribution is -2.47. The van der Waals surface area contributed by atoms with Crippen LogP contribution in [0.5, 0.6) is 11.5 Å². The van der Waals surface area contributed by atoms with Gasteiger partial charge in [0, 0.05) is 12.0 Å². The van der Waals surface area contributed by atoms with E-state index in [0.717, 1.165) is 24.8 Å². The number of unbranched alkanes of at least 4 members (excludes halogenated alkanes) is 2. The molecule has 0 unspecified atom stereocenters. The smallest absolute Gasteiger partial charge is 0.339 e. The number of aliphatic hydroxyl groups is 1. The molecule has 0 aliphatic carbocycles. The molecule has 1 aromatic carbocycles. The minimum atomic E-state index is -0.998. The quantitative estimate of drug-likeness (QED) is 0.787. The largest absolute Gasteiger partial charge is 0.496 e. The van der Waals surface area contributed by atoms with Gasteiger partial charge in [-0.3, -0.25) is 0 Å². The molecule has 1 aliphatic heterocycles. The number of aryl methyl sites for hydroxylation is 1. The molecule has 1 heterocycles. The van der Waals surface area contributed by atoms with Crippen molar-refractivity contribution in [3.63, 3.8) is 0 Å². The van der Waals surface area contributed by atoms with E-state index in [2.05, 4.69) is 6.92 Å². The molecule has 0 aromatic heterocycles. The van der Waals surface area contributed by atoms with Crippen molar-refractivity contribution in [3.8, 4) is 11.5 Å². The minimum Gasteiger partial charge on any atom is -0.496 e. The zero-order valence-corrected chi connectivity index (χ0v) is 14.3. The van der Waals surface area contributed by atoms with Crippen LogP contribution in [-0.2, 0) is 12.8 Å². The third-order valence-corrected chi connectivity index (χ3v) is 4.47. The summed E-state index contributed by atoms with van der Waals surface area (Å²) in [4.78, 5) is 11.8. The molecule has 5 heteroatoms. The molecular weight excluding hydrogens is 296 g/mol. The molecule has 0 saturated carbocycles. The third-order valence-electron chi connectivity index (χ3n) is 4.47. The van der Waals surface area contributed by atoms with Crippen LogP contribution in [0.1, 0.15) is 61.5 Å². The Morgan fingerprint density at radius 1 is 1.43 bits per heavy atom. The Hall–Kier alpha value is -1.75. The summed E-state index contributed by atoms with van der Waals surface area (Å²) in [5.41, 5.74) is 0.742. The third kappa shape index (κ3) is 3.44. The van der Waals surface area contributed by atoms with Gasteiger partial charge in [0.25, 0.3) is 0 Å². The number of carbonyl (C=O) groups is 1. The molecule has 2 rings (SSSR count). The number of methoxy groups -OCH3 is 1. The summed E-state index contributed by atoms with van der Waals surface area (Å²) >= 11 is 0. The molecule has 0 radical (unpaired) electrons. The number of hydrogen-bond donors (Lipinski definition) is 2. The van der Waals surface area contributed by atoms with Gasteiger partial charge in [0.15, 0.2) is 0 Å². The van der Waals surface area contributed by atoms with Crippen LogP contribution in [-0.4, -0.2) is 35.0 Å². The summed E-state index contributed by atoms with van der Waals surface area (Å²) in [6.45, 7) is 5.64. The van der Waals surface area contributed by atoms with Crippen LogP contribution in [0.3, 0.4) is 0 Å². The van der Waals surface area contributed by atoms with Crippen LogP contribution in [0.2, 0.25) is 0 Å². The average molecular weight is 322 g/mol. The topological polar surface area (TPSA) is 76.0 Å². The molecule has 5 nitrogen and oxygen atoms in total. The molecule has 128 valence electrons. The Kier molecular flexibility index (Phi) is 5.19. The molecular formula is C18H26O5. The van der Waals surface area contributed by atoms with Gasteiger partial charge in [0.1, 0.15) is 22.7 Å². The zero-order valence-electron chi connectivity index (χ0n) is 14.3. The lowest BCUT2D eigenvalue weighted by molar-refractivity contribution is -0.0424. The summed E-state index contributed by atoms with van der Waals surface area (Å²) in [6.07, 6.45) is 3.32. The number of carboxylic acids is 1. The SMILES string of the molecule is CCCCCc1cc(OC)c2c(c1C(=O)O)OC(C)(C)[C@@H](O)C2. The Labute approximate surface area is 137 Å². The highest BCUT2D eigenvalue weighted by atomic mass is 16.5. The monoisotopic (exact) mass is 322 g/mol. The van der Waals surface area contributed by atoms with Gasteiger partial charge in [-0.15, -0.1) is 0 Å². The van der Waals surface area contributed by atoms with Gasteiger partial charge >= 0.3 is 5.97 Å². The highest BCUT2D eigenvalue weighted by molar-refractivity contribution is 5.94. The molecule has 1 atom stereocenters. The number of benzene rings is 1. The van der Waals surface area contributed by atoms with Crippen molar-refractivity contribution in [2.75, 3.05) is 7.11 Å². The summed E-state index contributed by atoms with van der Waals surface area (Å²) in [7, 11) is 1.55. The molecule has 0 bridgehead atoms. The molecule has 0 amide bonds. The van der Waals surface area contributed by atoms with Crippen molar-refractivity contribution in [1.29, 1.82) is 0 Å². The van der Waals surface area contributed by atoms with Crippen molar-refractivity contribution < 1.29 is 24.5 Å². The van der Waals surface area contributed by atoms with Crippen LogP contribution in [0.25, 0.3) is 0 Å². The van der Waals surface area contributed by atoms with E-state index < -0.39 is 17.7 Å². The molecule has 0 fully saturated rings. The van der Waals surface area contributed by atoms with E-state index in [1.54, 1.807) is 27.0 Å². The van der Waals surface area contributed by atoms with Gasteiger partial charge in [-0.1, -0.05) is 19.8 Å². The maximum atomic E-state index is 11.8. The van der Waals surface area contributed by atoms with Gasteiger partial charge in [-0.2, -0.15) is 0 Å². The van der Waals surface area contributed by atoms with E-state index in [1.165, 1.54) is 0 Å². The average Bonchev–Trinajstić information content (AvgIpc) is 2.47. The maximum Gasteiger partial charge on any atom is 0.339 e. The maximum absolute atomic E-state index is 11.8. The van der Waals surface area contributed by atoms with Gasteiger partial charge in [0.2, 0.25) is 0 Å². The van der Waals surface area contributed by atoms with Crippen molar-refractivity contribution >= 4 is 5.97 Å². The summed E-state index contributed by atoms with van der Waals surface area (Å²) in [6, 6.07) is 1.78. The fourth-order valence-corrected chi connectivity index (χ4v) is 2.98. The molecule has 1 aromatic rings. The predicted octanol–water partition coefficient (Wildman–Crippen LogP) is 3.20. The Morgan fingerprint density at radius 2 is 2.13 bits per heavy atom. The first-order valence-corrected chi connectivity index (χ1v) is 8.15. The van der Waals surface area contributed by atoms with E-state index in [9.17, 15) is 15.0 Å². The van der Waals surface area contributed by atoms with E-state index >= 15 is 0 Å². The second-order valence-electron chi connectivity index (χ2n) is 6.61. The summed E-state index contributed by atoms with van der Waals surface area (Å²) in [5.74, 6) is -0.0627. The first kappa shape index (κ1) is 17.6. The van der Waals surface area contributed by atoms with Crippen molar-refractivity contribution in [3.05, 3.63) is 22.8 Å². The number of aromatic carboxylic acids is 1. The van der Waals surface area contributed by atoms with E-state index in [-0.39, 0.29) is 5.56 Å². The van der Waals surface area contributed by atoms with Crippen LogP contribution in [0, 0.1) is 0 Å². The normalized spacial score (nSPS) is 18.9. The predicted molar refractivity (Wildman–Crippen MR) is 87.6 cm³/mol. The number of carboxylic acid groups (broad SMARTS) is 1. The molecule has 2 N–H and O–H groups in total. The van der Waals surface area contributed by atoms with Crippen molar-refractivity contribution in [2.24, 2.45) is 0 Å². The van der Waals surface area contributed by atoms with E-state index in [0.29, 0.717) is 29.9 Å². The zero-order chi connectivity index (χ0) is 17.2. The first-order chi connectivity index (χ1) is 10.8. The van der Waals surface area contributed by atoms with Crippen LogP contribution in [0.4, 0.5) is 0 Å². The first-order valence-electron chi connectivity index (χ1n) is 8.15. The summed E-state index contributed by atoms with van der Waals surface area (Å²) < 4.78 is 11.3. The number of fused-ring (bicyclic) bond motifs is 1. The fourth-order valence-electron chi connectivity index (χ4n) is 2.98. The number of ether oxygens (including phenoxy) is 2. The Balaban J connectivity index is 2.56. The second-order valence-corrected chi connectivity index (χ2v) is 6.61. The lowest BCUT2D eigenvalue weighted by Gasteiger charge is -2.38.